The Balaban J connectivity index is 0.000000152. The molecule has 2 atom stereocenters. The first-order valence-electron chi connectivity index (χ1n) is 27.3. The van der Waals surface area contributed by atoms with Crippen LogP contribution in [0.2, 0.25) is 0 Å². The highest BCUT2D eigenvalue weighted by molar-refractivity contribution is 5.89. The van der Waals surface area contributed by atoms with Gasteiger partial charge < -0.3 is 38.9 Å². The lowest BCUT2D eigenvalue weighted by Gasteiger charge is -2.49. The van der Waals surface area contributed by atoms with Crippen LogP contribution in [-0.2, 0) is 19.2 Å². The second-order valence-electron chi connectivity index (χ2n) is 23.4. The van der Waals surface area contributed by atoms with Gasteiger partial charge in [0.1, 0.15) is 24.7 Å². The molecule has 10 aliphatic rings. The summed E-state index contributed by atoms with van der Waals surface area (Å²) >= 11 is 0. The van der Waals surface area contributed by atoms with E-state index in [1.165, 1.54) is 24.0 Å². The molecule has 12 nitrogen and oxygen atoms in total. The molecule has 0 N–H and O–H groups in total. The van der Waals surface area contributed by atoms with Crippen LogP contribution in [0.5, 0.6) is 11.5 Å². The van der Waals surface area contributed by atoms with Crippen molar-refractivity contribution in [2.24, 2.45) is 10.8 Å². The van der Waals surface area contributed by atoms with Crippen LogP contribution in [-0.4, -0.2) is 168 Å². The molecule has 380 valence electrons. The minimum absolute atomic E-state index is 0.236. The van der Waals surface area contributed by atoms with Crippen LogP contribution >= 0.6 is 0 Å². The van der Waals surface area contributed by atoms with E-state index in [-0.39, 0.29) is 34.5 Å². The zero-order chi connectivity index (χ0) is 48.1. The molecule has 0 radical (unpaired) electrons. The van der Waals surface area contributed by atoms with Crippen molar-refractivity contribution in [1.29, 1.82) is 0 Å². The number of amides is 4. The normalized spacial score (nSPS) is 27.9. The average Bonchev–Trinajstić information content (AvgIpc) is 3.92. The molecule has 70 heavy (non-hydrogen) atoms. The number of halogens is 2. The van der Waals surface area contributed by atoms with E-state index < -0.39 is 11.3 Å². The fraction of sp³-hybridized carbons (Fsp3) is 0.714. The van der Waals surface area contributed by atoms with Crippen LogP contribution in [0.1, 0.15) is 139 Å². The fourth-order valence-corrected chi connectivity index (χ4v) is 14.0. The van der Waals surface area contributed by atoms with Gasteiger partial charge in [0, 0.05) is 75.0 Å². The summed E-state index contributed by atoms with van der Waals surface area (Å²) in [6, 6.07) is 18.0. The highest BCUT2D eigenvalue weighted by atomic mass is 19.1. The molecule has 14 heteroatoms. The maximum Gasteiger partial charge on any atom is 0.260 e. The maximum atomic E-state index is 14.1. The van der Waals surface area contributed by atoms with Crippen molar-refractivity contribution in [3.8, 4) is 11.5 Å². The zero-order valence-corrected chi connectivity index (χ0v) is 41.4. The molecule has 10 fully saturated rings. The molecule has 0 unspecified atom stereocenters. The highest BCUT2D eigenvalue weighted by Crippen LogP contribution is 2.53. The summed E-state index contributed by atoms with van der Waals surface area (Å²) in [6.45, 7) is 11.6. The number of para-hydroxylation sites is 2. The van der Waals surface area contributed by atoms with Crippen molar-refractivity contribution in [2.75, 3.05) is 91.8 Å². The molecule has 6 saturated heterocycles. The second-order valence-corrected chi connectivity index (χ2v) is 23.4. The Morgan fingerprint density at radius 1 is 0.529 bits per heavy atom. The molecule has 4 saturated carbocycles. The van der Waals surface area contributed by atoms with Crippen LogP contribution in [0, 0.1) is 10.8 Å². The first-order valence-corrected chi connectivity index (χ1v) is 27.3. The Hall–Kier alpha value is -4.30. The first kappa shape index (κ1) is 48.0. The van der Waals surface area contributed by atoms with Gasteiger partial charge in [0.25, 0.3) is 11.8 Å². The number of carbonyl (C=O) groups excluding carboxylic acids is 4. The lowest BCUT2D eigenvalue weighted by molar-refractivity contribution is -0.151. The molecular weight excluding hydrogens is 891 g/mol. The summed E-state index contributed by atoms with van der Waals surface area (Å²) in [5.74, 6) is 2.94. The zero-order valence-electron chi connectivity index (χ0n) is 41.4. The Morgan fingerprint density at radius 3 is 1.27 bits per heavy atom. The summed E-state index contributed by atoms with van der Waals surface area (Å²) in [4.78, 5) is 61.0. The minimum Gasteiger partial charge on any atom is -0.491 e. The van der Waals surface area contributed by atoms with Gasteiger partial charge in [-0.15, -0.1) is 0 Å². The van der Waals surface area contributed by atoms with Gasteiger partial charge in [-0.25, -0.2) is 8.78 Å². The van der Waals surface area contributed by atoms with Gasteiger partial charge >= 0.3 is 0 Å². The van der Waals surface area contributed by atoms with E-state index in [0.29, 0.717) is 88.7 Å². The van der Waals surface area contributed by atoms with Crippen LogP contribution < -0.4 is 9.47 Å². The highest BCUT2D eigenvalue weighted by Gasteiger charge is 2.60. The summed E-state index contributed by atoms with van der Waals surface area (Å²) in [5.41, 5.74) is 0.0340. The third-order valence-electron chi connectivity index (χ3n) is 18.6. The molecule has 12 rings (SSSR count). The number of hydrogen-bond donors (Lipinski definition) is 0. The topological polar surface area (TPSA) is 106 Å². The SMILES string of the molecule is O=C1CCCN1CCOc1ccccc1C1CCN([C@@H]2CCC3(C2)CN(C(=O)C2(F)CC2)C3)CC1.O=C1CCCN1CCOc1ccccc1C1CCN([C@H]2CCC3(C2)CN(C(=O)C2(F)CC2)C3)CC1. The van der Waals surface area contributed by atoms with E-state index in [9.17, 15) is 28.0 Å². The van der Waals surface area contributed by atoms with Crippen LogP contribution in [0.25, 0.3) is 0 Å². The van der Waals surface area contributed by atoms with Gasteiger partial charge in [0.15, 0.2) is 11.3 Å². The van der Waals surface area contributed by atoms with E-state index in [1.54, 1.807) is 9.80 Å². The fourth-order valence-electron chi connectivity index (χ4n) is 14.0. The molecular formula is C56H76F2N6O6. The summed E-state index contributed by atoms with van der Waals surface area (Å²) in [6.07, 6.45) is 16.5. The van der Waals surface area contributed by atoms with E-state index in [4.69, 9.17) is 9.47 Å². The largest absolute Gasteiger partial charge is 0.491 e. The molecule has 6 heterocycles. The quantitative estimate of drug-likeness (QED) is 0.192. The number of alkyl halides is 2. The number of carbonyl (C=O) groups is 4. The Morgan fingerprint density at radius 2 is 0.914 bits per heavy atom. The minimum atomic E-state index is -1.52. The monoisotopic (exact) mass is 967 g/mol. The lowest BCUT2D eigenvalue weighted by Crippen LogP contribution is -2.60. The Bertz CT molecular complexity index is 2090. The molecule has 0 bridgehead atoms. The molecule has 4 aliphatic carbocycles. The standard InChI is InChI=1S/2C28H38FN3O3/c2*29-28(11-12-28)26(34)32-19-27(20-32)10-7-22(18-27)30-14-8-21(9-15-30)23-4-1-2-5-24(23)35-17-16-31-13-3-6-25(31)33/h2*1-2,4-5,21-22H,3,6-20H2/t2*22-/m10/s1. The number of ether oxygens (including phenoxy) is 2. The average molecular weight is 967 g/mol. The van der Waals surface area contributed by atoms with E-state index in [1.807, 2.05) is 21.9 Å². The van der Waals surface area contributed by atoms with E-state index in [2.05, 4.69) is 46.2 Å². The van der Waals surface area contributed by atoms with Gasteiger partial charge in [0.05, 0.1) is 13.1 Å². The smallest absolute Gasteiger partial charge is 0.260 e. The number of piperidine rings is 2. The molecule has 6 aliphatic heterocycles. The molecule has 2 aromatic carbocycles. The van der Waals surface area contributed by atoms with Crippen molar-refractivity contribution in [3.63, 3.8) is 0 Å². The third-order valence-corrected chi connectivity index (χ3v) is 18.6. The van der Waals surface area contributed by atoms with E-state index in [0.717, 1.165) is 141 Å². The van der Waals surface area contributed by atoms with Crippen LogP contribution in [0.4, 0.5) is 8.78 Å². The second kappa shape index (κ2) is 19.6. The van der Waals surface area contributed by atoms with Crippen LogP contribution in [0.15, 0.2) is 48.5 Å². The van der Waals surface area contributed by atoms with Gasteiger partial charge in [0.2, 0.25) is 11.8 Å². The summed E-state index contributed by atoms with van der Waals surface area (Å²) in [7, 11) is 0. The summed E-state index contributed by atoms with van der Waals surface area (Å²) < 4.78 is 40.6. The predicted molar refractivity (Wildman–Crippen MR) is 262 cm³/mol. The van der Waals surface area contributed by atoms with Crippen LogP contribution in [0.3, 0.4) is 0 Å². The molecule has 4 amide bonds. The first-order chi connectivity index (χ1) is 33.9. The van der Waals surface area contributed by atoms with E-state index >= 15 is 0 Å². The van der Waals surface area contributed by atoms with Crippen molar-refractivity contribution in [1.82, 2.24) is 29.4 Å². The van der Waals surface area contributed by atoms with Crippen molar-refractivity contribution >= 4 is 23.6 Å². The van der Waals surface area contributed by atoms with Gasteiger partial charge in [-0.2, -0.15) is 0 Å². The number of hydrogen-bond acceptors (Lipinski definition) is 8. The summed E-state index contributed by atoms with van der Waals surface area (Å²) in [5, 5.41) is 0. The Kier molecular flexibility index (Phi) is 13.4. The van der Waals surface area contributed by atoms with Crippen molar-refractivity contribution < 1.29 is 37.4 Å². The molecule has 0 aromatic heterocycles. The van der Waals surface area contributed by atoms with Crippen molar-refractivity contribution in [3.05, 3.63) is 59.7 Å². The maximum absolute atomic E-state index is 14.1. The lowest BCUT2D eigenvalue weighted by atomic mass is 9.77. The van der Waals surface area contributed by atoms with Gasteiger partial charge in [-0.05, 0) is 164 Å². The van der Waals surface area contributed by atoms with Gasteiger partial charge in [-0.3, -0.25) is 19.2 Å². The Labute approximate surface area is 413 Å². The number of benzene rings is 2. The van der Waals surface area contributed by atoms with Gasteiger partial charge in [-0.1, -0.05) is 36.4 Å². The predicted octanol–water partition coefficient (Wildman–Crippen LogP) is 7.50. The third kappa shape index (κ3) is 10.1. The number of nitrogens with zero attached hydrogens (tertiary/aromatic N) is 6. The van der Waals surface area contributed by atoms with Crippen molar-refractivity contribution in [2.45, 2.75) is 151 Å². The molecule has 2 spiro atoms. The number of rotatable bonds is 14. The number of likely N-dealkylation sites (tertiary alicyclic amines) is 6. The molecule has 2 aromatic rings.